The van der Waals surface area contributed by atoms with E-state index in [4.69, 9.17) is 5.73 Å². The number of carbonyl (C=O) groups is 1. The van der Waals surface area contributed by atoms with Crippen LogP contribution in [0.2, 0.25) is 0 Å². The fourth-order valence-electron chi connectivity index (χ4n) is 3.13. The summed E-state index contributed by atoms with van der Waals surface area (Å²) in [5.74, 6) is 1.04. The van der Waals surface area contributed by atoms with Crippen LogP contribution in [0.25, 0.3) is 10.9 Å². The number of nitrogen functional groups attached to an aromatic ring is 1. The topological polar surface area (TPSA) is 68.0 Å². The van der Waals surface area contributed by atoms with Gasteiger partial charge in [-0.1, -0.05) is 32.0 Å². The van der Waals surface area contributed by atoms with Crippen molar-refractivity contribution in [2.45, 2.75) is 32.7 Å². The lowest BCUT2D eigenvalue weighted by Gasteiger charge is -2.19. The molecule has 1 heterocycles. The summed E-state index contributed by atoms with van der Waals surface area (Å²) < 4.78 is 0. The molecule has 0 spiro atoms. The van der Waals surface area contributed by atoms with E-state index in [0.717, 1.165) is 17.3 Å². The molecule has 0 bridgehead atoms. The minimum atomic E-state index is -0.126. The molecule has 0 radical (unpaired) electrons. The molecule has 2 aromatic rings. The van der Waals surface area contributed by atoms with Crippen LogP contribution >= 0.6 is 0 Å². The van der Waals surface area contributed by atoms with E-state index in [1.807, 2.05) is 24.3 Å². The summed E-state index contributed by atoms with van der Waals surface area (Å²) in [4.78, 5) is 16.8. The van der Waals surface area contributed by atoms with Gasteiger partial charge in [-0.2, -0.15) is 0 Å². The van der Waals surface area contributed by atoms with E-state index in [9.17, 15) is 4.79 Å². The summed E-state index contributed by atoms with van der Waals surface area (Å²) in [6.07, 6.45) is 2.20. The summed E-state index contributed by atoms with van der Waals surface area (Å²) >= 11 is 0. The van der Waals surface area contributed by atoms with Crippen molar-refractivity contribution in [3.63, 3.8) is 0 Å². The smallest absolute Gasteiger partial charge is 0.270 e. The minimum absolute atomic E-state index is 0.126. The normalized spacial score (nSPS) is 25.1. The molecule has 3 N–H and O–H groups in total. The van der Waals surface area contributed by atoms with Gasteiger partial charge in [-0.3, -0.25) is 4.79 Å². The first-order valence-corrected chi connectivity index (χ1v) is 7.52. The zero-order chi connectivity index (χ0) is 15.0. The van der Waals surface area contributed by atoms with Crippen LogP contribution < -0.4 is 11.1 Å². The van der Waals surface area contributed by atoms with Gasteiger partial charge < -0.3 is 11.1 Å². The van der Waals surface area contributed by atoms with Gasteiger partial charge in [-0.05, 0) is 36.8 Å². The van der Waals surface area contributed by atoms with Gasteiger partial charge in [0.1, 0.15) is 5.69 Å². The molecule has 1 aliphatic rings. The fourth-order valence-corrected chi connectivity index (χ4v) is 3.13. The molecule has 1 saturated carbocycles. The Morgan fingerprint density at radius 3 is 2.76 bits per heavy atom. The molecule has 3 unspecified atom stereocenters. The molecule has 3 rings (SSSR count). The van der Waals surface area contributed by atoms with Crippen molar-refractivity contribution >= 4 is 22.5 Å². The molecule has 1 aromatic carbocycles. The van der Waals surface area contributed by atoms with Gasteiger partial charge in [0.05, 0.1) is 5.52 Å². The predicted molar refractivity (Wildman–Crippen MR) is 85.0 cm³/mol. The minimum Gasteiger partial charge on any atom is -0.398 e. The number of nitrogens with zero attached hydrogens (tertiary/aromatic N) is 1. The molecular formula is C17H21N3O. The molecule has 1 aromatic heterocycles. The molecule has 21 heavy (non-hydrogen) atoms. The van der Waals surface area contributed by atoms with E-state index in [0.29, 0.717) is 23.2 Å². The maximum atomic E-state index is 12.4. The van der Waals surface area contributed by atoms with Gasteiger partial charge in [-0.15, -0.1) is 0 Å². The van der Waals surface area contributed by atoms with E-state index in [1.165, 1.54) is 6.42 Å². The molecule has 1 fully saturated rings. The first-order valence-electron chi connectivity index (χ1n) is 7.52. The lowest BCUT2D eigenvalue weighted by atomic mass is 9.98. The molecule has 0 aliphatic heterocycles. The quantitative estimate of drug-likeness (QED) is 0.890. The average molecular weight is 283 g/mol. The van der Waals surface area contributed by atoms with Gasteiger partial charge in [0.25, 0.3) is 5.91 Å². The Kier molecular flexibility index (Phi) is 3.53. The lowest BCUT2D eigenvalue weighted by Crippen LogP contribution is -2.37. The largest absolute Gasteiger partial charge is 0.398 e. The van der Waals surface area contributed by atoms with E-state index in [-0.39, 0.29) is 11.9 Å². The van der Waals surface area contributed by atoms with Gasteiger partial charge in [-0.25, -0.2) is 4.98 Å². The van der Waals surface area contributed by atoms with Crippen molar-refractivity contribution in [1.82, 2.24) is 10.3 Å². The molecule has 3 atom stereocenters. The zero-order valence-electron chi connectivity index (χ0n) is 12.5. The average Bonchev–Trinajstić information content (AvgIpc) is 2.79. The van der Waals surface area contributed by atoms with Gasteiger partial charge in [0.15, 0.2) is 0 Å². The number of nitrogens with one attached hydrogen (secondary N) is 1. The van der Waals surface area contributed by atoms with E-state index in [1.54, 1.807) is 6.07 Å². The third kappa shape index (κ3) is 2.58. The summed E-state index contributed by atoms with van der Waals surface area (Å²) in [5, 5.41) is 4.00. The number of anilines is 1. The van der Waals surface area contributed by atoms with Crippen molar-refractivity contribution in [2.24, 2.45) is 11.8 Å². The van der Waals surface area contributed by atoms with Crippen LogP contribution in [-0.2, 0) is 0 Å². The highest BCUT2D eigenvalue weighted by Gasteiger charge is 2.31. The number of benzene rings is 1. The third-order valence-corrected chi connectivity index (χ3v) is 4.76. The second-order valence-electron chi connectivity index (χ2n) is 6.11. The predicted octanol–water partition coefficient (Wildman–Crippen LogP) is 2.98. The number of para-hydroxylation sites is 1. The standard InChI is InChI=1S/C17H21N3O/c1-10-7-8-14(11(10)2)20-17(21)16-9-13(18)12-5-3-4-6-15(12)19-16/h3-6,9-11,14H,7-8H2,1-2H3,(H2,18,19)(H,20,21). The second kappa shape index (κ2) is 5.35. The van der Waals surface area contributed by atoms with E-state index < -0.39 is 0 Å². The molecule has 0 saturated heterocycles. The van der Waals surface area contributed by atoms with Crippen molar-refractivity contribution in [1.29, 1.82) is 0 Å². The van der Waals surface area contributed by atoms with Crippen molar-refractivity contribution < 1.29 is 4.79 Å². The van der Waals surface area contributed by atoms with Crippen molar-refractivity contribution in [3.8, 4) is 0 Å². The monoisotopic (exact) mass is 283 g/mol. The molecule has 1 amide bonds. The first kappa shape index (κ1) is 13.9. The number of hydrogen-bond acceptors (Lipinski definition) is 3. The van der Waals surface area contributed by atoms with E-state index >= 15 is 0 Å². The van der Waals surface area contributed by atoms with Crippen LogP contribution in [0.5, 0.6) is 0 Å². The van der Waals surface area contributed by atoms with E-state index in [2.05, 4.69) is 24.1 Å². The van der Waals surface area contributed by atoms with Crippen LogP contribution in [0.15, 0.2) is 30.3 Å². The highest BCUT2D eigenvalue weighted by molar-refractivity contribution is 5.99. The fraction of sp³-hybridized carbons (Fsp3) is 0.412. The van der Waals surface area contributed by atoms with Gasteiger partial charge in [0.2, 0.25) is 0 Å². The highest BCUT2D eigenvalue weighted by atomic mass is 16.1. The summed E-state index contributed by atoms with van der Waals surface area (Å²) in [6.45, 7) is 4.44. The number of aromatic nitrogens is 1. The number of pyridine rings is 1. The molecule has 1 aliphatic carbocycles. The van der Waals surface area contributed by atoms with Crippen molar-refractivity contribution in [3.05, 3.63) is 36.0 Å². The van der Waals surface area contributed by atoms with Crippen LogP contribution in [0.1, 0.15) is 37.2 Å². The first-order chi connectivity index (χ1) is 10.1. The number of rotatable bonds is 2. The number of carbonyl (C=O) groups excluding carboxylic acids is 1. The second-order valence-corrected chi connectivity index (χ2v) is 6.11. The Morgan fingerprint density at radius 2 is 2.05 bits per heavy atom. The molecule has 110 valence electrons. The lowest BCUT2D eigenvalue weighted by molar-refractivity contribution is 0.0922. The number of nitrogens with two attached hydrogens (primary N) is 1. The maximum absolute atomic E-state index is 12.4. The molecular weight excluding hydrogens is 262 g/mol. The van der Waals surface area contributed by atoms with Crippen molar-refractivity contribution in [2.75, 3.05) is 5.73 Å². The zero-order valence-corrected chi connectivity index (χ0v) is 12.5. The Bertz CT molecular complexity index is 683. The Hall–Kier alpha value is -2.10. The molecule has 4 heteroatoms. The summed E-state index contributed by atoms with van der Waals surface area (Å²) in [7, 11) is 0. The van der Waals surface area contributed by atoms with Gasteiger partial charge >= 0.3 is 0 Å². The van der Waals surface area contributed by atoms with Crippen LogP contribution in [0, 0.1) is 11.8 Å². The summed E-state index contributed by atoms with van der Waals surface area (Å²) in [5.41, 5.74) is 7.79. The van der Waals surface area contributed by atoms with Gasteiger partial charge in [0, 0.05) is 17.1 Å². The SMILES string of the molecule is CC1CCC(NC(=O)c2cc(N)c3ccccc3n2)C1C. The molecule has 4 nitrogen and oxygen atoms in total. The maximum Gasteiger partial charge on any atom is 0.270 e. The highest BCUT2D eigenvalue weighted by Crippen LogP contribution is 2.31. The number of hydrogen-bond donors (Lipinski definition) is 2. The Labute approximate surface area is 124 Å². The van der Waals surface area contributed by atoms with Crippen LogP contribution in [0.4, 0.5) is 5.69 Å². The summed E-state index contributed by atoms with van der Waals surface area (Å²) in [6, 6.07) is 9.52. The third-order valence-electron chi connectivity index (χ3n) is 4.76. The Balaban J connectivity index is 1.85. The number of fused-ring (bicyclic) bond motifs is 1. The van der Waals surface area contributed by atoms with Crippen LogP contribution in [-0.4, -0.2) is 16.9 Å². The van der Waals surface area contributed by atoms with Crippen LogP contribution in [0.3, 0.4) is 0 Å². The number of amides is 1. The Morgan fingerprint density at radius 1 is 1.29 bits per heavy atom.